The van der Waals surface area contributed by atoms with E-state index < -0.39 is 0 Å². The third-order valence-corrected chi connectivity index (χ3v) is 2.84. The number of esters is 1. The molecular formula is C16H16N2O4. The first-order valence-corrected chi connectivity index (χ1v) is 6.72. The van der Waals surface area contributed by atoms with Crippen LogP contribution in [0.2, 0.25) is 0 Å². The van der Waals surface area contributed by atoms with Crippen LogP contribution in [0.5, 0.6) is 11.5 Å². The Balaban J connectivity index is 2.04. The zero-order valence-corrected chi connectivity index (χ0v) is 12.1. The minimum absolute atomic E-state index is 0.119. The van der Waals surface area contributed by atoms with Crippen molar-refractivity contribution in [3.8, 4) is 11.5 Å². The summed E-state index contributed by atoms with van der Waals surface area (Å²) in [5.41, 5.74) is 0.385. The van der Waals surface area contributed by atoms with Crippen molar-refractivity contribution in [2.24, 2.45) is 0 Å². The third-order valence-electron chi connectivity index (χ3n) is 2.84. The Morgan fingerprint density at radius 1 is 1.18 bits per heavy atom. The monoisotopic (exact) mass is 300 g/mol. The fourth-order valence-corrected chi connectivity index (χ4v) is 1.75. The number of amides is 1. The second-order valence-corrected chi connectivity index (χ2v) is 4.37. The number of methoxy groups -OCH3 is 1. The summed E-state index contributed by atoms with van der Waals surface area (Å²) in [7, 11) is 1.31. The predicted molar refractivity (Wildman–Crippen MR) is 79.7 cm³/mol. The van der Waals surface area contributed by atoms with Gasteiger partial charge in [0.1, 0.15) is 11.5 Å². The highest BCUT2D eigenvalue weighted by Gasteiger charge is 2.13. The third kappa shape index (κ3) is 4.31. The number of carbonyl (C=O) groups excluding carboxylic acids is 2. The van der Waals surface area contributed by atoms with E-state index in [1.807, 2.05) is 0 Å². The zero-order chi connectivity index (χ0) is 15.8. The quantitative estimate of drug-likeness (QED) is 0.827. The van der Waals surface area contributed by atoms with Crippen molar-refractivity contribution in [1.29, 1.82) is 0 Å². The first-order chi connectivity index (χ1) is 10.7. The fraction of sp³-hybridized carbons (Fsp3) is 0.188. The van der Waals surface area contributed by atoms with Crippen molar-refractivity contribution in [3.63, 3.8) is 0 Å². The predicted octanol–water partition coefficient (Wildman–Crippen LogP) is 2.17. The van der Waals surface area contributed by atoms with Crippen LogP contribution in [0.25, 0.3) is 0 Å². The second-order valence-electron chi connectivity index (χ2n) is 4.37. The Morgan fingerprint density at radius 2 is 2.00 bits per heavy atom. The van der Waals surface area contributed by atoms with Crippen LogP contribution in [-0.4, -0.2) is 30.5 Å². The van der Waals surface area contributed by atoms with Crippen LogP contribution in [0.4, 0.5) is 0 Å². The van der Waals surface area contributed by atoms with Gasteiger partial charge < -0.3 is 14.8 Å². The maximum absolute atomic E-state index is 12.2. The molecule has 22 heavy (non-hydrogen) atoms. The van der Waals surface area contributed by atoms with Gasteiger partial charge in [-0.15, -0.1) is 0 Å². The van der Waals surface area contributed by atoms with Crippen LogP contribution in [0.3, 0.4) is 0 Å². The maximum Gasteiger partial charge on any atom is 0.307 e. The lowest BCUT2D eigenvalue weighted by Gasteiger charge is -2.11. The smallest absolute Gasteiger partial charge is 0.307 e. The largest absolute Gasteiger partial charge is 0.469 e. The zero-order valence-electron chi connectivity index (χ0n) is 12.1. The van der Waals surface area contributed by atoms with E-state index in [2.05, 4.69) is 15.0 Å². The number of nitrogens with one attached hydrogen (secondary N) is 1. The van der Waals surface area contributed by atoms with E-state index >= 15 is 0 Å². The number of para-hydroxylation sites is 1. The van der Waals surface area contributed by atoms with E-state index in [9.17, 15) is 9.59 Å². The lowest BCUT2D eigenvalue weighted by atomic mass is 10.2. The Morgan fingerprint density at radius 3 is 2.73 bits per heavy atom. The van der Waals surface area contributed by atoms with Gasteiger partial charge in [0.05, 0.1) is 25.3 Å². The van der Waals surface area contributed by atoms with Gasteiger partial charge in [0.2, 0.25) is 0 Å². The van der Waals surface area contributed by atoms with E-state index in [0.717, 1.165) is 0 Å². The summed E-state index contributed by atoms with van der Waals surface area (Å²) in [4.78, 5) is 27.2. The molecule has 6 nitrogen and oxygen atoms in total. The Bertz CT molecular complexity index is 644. The van der Waals surface area contributed by atoms with Gasteiger partial charge in [0.15, 0.2) is 0 Å². The van der Waals surface area contributed by atoms with Crippen molar-refractivity contribution in [1.82, 2.24) is 10.3 Å². The molecule has 0 atom stereocenters. The van der Waals surface area contributed by atoms with Gasteiger partial charge in [-0.1, -0.05) is 12.1 Å². The summed E-state index contributed by atoms with van der Waals surface area (Å²) in [5, 5.41) is 2.65. The summed E-state index contributed by atoms with van der Waals surface area (Å²) in [6.45, 7) is 0.201. The molecule has 0 spiro atoms. The Hall–Kier alpha value is -2.89. The first-order valence-electron chi connectivity index (χ1n) is 6.72. The summed E-state index contributed by atoms with van der Waals surface area (Å²) in [6, 6.07) is 10.4. The van der Waals surface area contributed by atoms with Crippen molar-refractivity contribution < 1.29 is 19.1 Å². The van der Waals surface area contributed by atoms with Crippen LogP contribution < -0.4 is 10.1 Å². The molecule has 6 heteroatoms. The molecule has 0 aliphatic carbocycles. The summed E-state index contributed by atoms with van der Waals surface area (Å²) < 4.78 is 10.2. The van der Waals surface area contributed by atoms with Crippen molar-refractivity contribution in [3.05, 3.63) is 54.4 Å². The molecule has 1 heterocycles. The summed E-state index contributed by atoms with van der Waals surface area (Å²) in [5.74, 6) is 0.270. The highest BCUT2D eigenvalue weighted by Crippen LogP contribution is 2.24. The molecule has 0 saturated carbocycles. The van der Waals surface area contributed by atoms with Gasteiger partial charge in [0, 0.05) is 12.7 Å². The molecule has 0 bridgehead atoms. The molecular weight excluding hydrogens is 284 g/mol. The minimum atomic E-state index is -0.375. The van der Waals surface area contributed by atoms with Crippen molar-refractivity contribution >= 4 is 11.9 Å². The molecule has 0 unspecified atom stereocenters. The molecule has 0 aliphatic heterocycles. The average Bonchev–Trinajstić information content (AvgIpc) is 2.56. The maximum atomic E-state index is 12.2. The molecule has 0 fully saturated rings. The van der Waals surface area contributed by atoms with Crippen LogP contribution in [0.1, 0.15) is 16.8 Å². The topological polar surface area (TPSA) is 77.5 Å². The number of hydrogen-bond donors (Lipinski definition) is 1. The molecule has 0 saturated heterocycles. The normalized spacial score (nSPS) is 9.86. The number of hydrogen-bond acceptors (Lipinski definition) is 5. The lowest BCUT2D eigenvalue weighted by molar-refractivity contribution is -0.140. The number of ether oxygens (including phenoxy) is 2. The van der Waals surface area contributed by atoms with Crippen molar-refractivity contribution in [2.45, 2.75) is 6.42 Å². The summed E-state index contributed by atoms with van der Waals surface area (Å²) >= 11 is 0. The lowest BCUT2D eigenvalue weighted by Crippen LogP contribution is -2.26. The second kappa shape index (κ2) is 7.78. The Kier molecular flexibility index (Phi) is 5.48. The van der Waals surface area contributed by atoms with Gasteiger partial charge in [-0.2, -0.15) is 0 Å². The SMILES string of the molecule is COC(=O)CCNC(=O)c1ccccc1Oc1cccnc1. The Labute approximate surface area is 128 Å². The van der Waals surface area contributed by atoms with E-state index in [1.165, 1.54) is 7.11 Å². The fourth-order valence-electron chi connectivity index (χ4n) is 1.75. The van der Waals surface area contributed by atoms with Gasteiger partial charge in [-0.3, -0.25) is 14.6 Å². The minimum Gasteiger partial charge on any atom is -0.469 e. The summed E-state index contributed by atoms with van der Waals surface area (Å²) in [6.07, 6.45) is 3.32. The number of nitrogens with zero attached hydrogens (tertiary/aromatic N) is 1. The van der Waals surface area contributed by atoms with Crippen LogP contribution in [0.15, 0.2) is 48.8 Å². The van der Waals surface area contributed by atoms with E-state index in [0.29, 0.717) is 17.1 Å². The van der Waals surface area contributed by atoms with E-state index in [4.69, 9.17) is 4.74 Å². The molecule has 0 radical (unpaired) electrons. The number of pyridine rings is 1. The molecule has 1 amide bonds. The molecule has 1 aromatic heterocycles. The van der Waals surface area contributed by atoms with Crippen molar-refractivity contribution in [2.75, 3.05) is 13.7 Å². The van der Waals surface area contributed by atoms with Gasteiger partial charge in [-0.25, -0.2) is 0 Å². The molecule has 1 aromatic carbocycles. The molecule has 2 aromatic rings. The highest BCUT2D eigenvalue weighted by atomic mass is 16.5. The number of carbonyl (C=O) groups is 2. The van der Waals surface area contributed by atoms with Gasteiger partial charge >= 0.3 is 5.97 Å². The van der Waals surface area contributed by atoms with Gasteiger partial charge in [-0.05, 0) is 24.3 Å². The van der Waals surface area contributed by atoms with Gasteiger partial charge in [0.25, 0.3) is 5.91 Å². The van der Waals surface area contributed by atoms with Crippen LogP contribution in [0, 0.1) is 0 Å². The number of aromatic nitrogens is 1. The number of benzene rings is 1. The van der Waals surface area contributed by atoms with Crippen LogP contribution >= 0.6 is 0 Å². The molecule has 2 rings (SSSR count). The highest BCUT2D eigenvalue weighted by molar-refractivity contribution is 5.97. The van der Waals surface area contributed by atoms with Crippen LogP contribution in [-0.2, 0) is 9.53 Å². The first kappa shape index (κ1) is 15.5. The average molecular weight is 300 g/mol. The van der Waals surface area contributed by atoms with E-state index in [1.54, 1.807) is 48.8 Å². The standard InChI is InChI=1S/C16H16N2O4/c1-21-15(19)8-10-18-16(20)13-6-2-3-7-14(13)22-12-5-4-9-17-11-12/h2-7,9,11H,8,10H2,1H3,(H,18,20). The molecule has 114 valence electrons. The molecule has 1 N–H and O–H groups in total. The molecule has 0 aliphatic rings. The van der Waals surface area contributed by atoms with E-state index in [-0.39, 0.29) is 24.8 Å². The number of rotatable bonds is 6.